The molecule has 0 saturated heterocycles. The van der Waals surface area contributed by atoms with Gasteiger partial charge in [-0.05, 0) is 30.2 Å². The first-order chi connectivity index (χ1) is 10.3. The van der Waals surface area contributed by atoms with Crippen molar-refractivity contribution in [2.45, 2.75) is 11.2 Å². The second kappa shape index (κ2) is 6.39. The molecule has 110 valence electrons. The minimum atomic E-state index is 0.183. The van der Waals surface area contributed by atoms with Gasteiger partial charge in [-0.2, -0.15) is 0 Å². The summed E-state index contributed by atoms with van der Waals surface area (Å²) in [5, 5.41) is 0. The summed E-state index contributed by atoms with van der Waals surface area (Å²) in [5.74, 6) is 2.57. The second-order valence-corrected chi connectivity index (χ2v) is 6.00. The Morgan fingerprint density at radius 1 is 1.10 bits per heavy atom. The lowest BCUT2D eigenvalue weighted by Gasteiger charge is -2.23. The van der Waals surface area contributed by atoms with E-state index in [1.54, 1.807) is 7.11 Å². The zero-order valence-corrected chi connectivity index (χ0v) is 13.4. The normalized spacial score (nSPS) is 14.6. The number of halogens is 1. The van der Waals surface area contributed by atoms with Crippen LogP contribution in [0.3, 0.4) is 0 Å². The number of hydrogen-bond donors (Lipinski definition) is 0. The van der Waals surface area contributed by atoms with Crippen molar-refractivity contribution < 1.29 is 14.2 Å². The summed E-state index contributed by atoms with van der Waals surface area (Å²) in [6, 6.07) is 14.2. The number of benzene rings is 2. The van der Waals surface area contributed by atoms with Gasteiger partial charge in [0, 0.05) is 10.4 Å². The van der Waals surface area contributed by atoms with Crippen LogP contribution in [-0.2, 0) is 6.42 Å². The van der Waals surface area contributed by atoms with E-state index in [1.165, 1.54) is 5.56 Å². The van der Waals surface area contributed by atoms with Gasteiger partial charge in [0.05, 0.1) is 7.11 Å². The van der Waals surface area contributed by atoms with Crippen LogP contribution in [0.25, 0.3) is 0 Å². The van der Waals surface area contributed by atoms with Crippen LogP contribution in [0, 0.1) is 0 Å². The molecule has 1 aliphatic rings. The van der Waals surface area contributed by atoms with Crippen LogP contribution >= 0.6 is 15.9 Å². The summed E-state index contributed by atoms with van der Waals surface area (Å²) in [7, 11) is 1.68. The molecule has 1 aliphatic heterocycles. The summed E-state index contributed by atoms with van der Waals surface area (Å²) < 4.78 is 16.6. The first-order valence-corrected chi connectivity index (χ1v) is 7.85. The molecule has 2 aromatic carbocycles. The van der Waals surface area contributed by atoms with Gasteiger partial charge in [-0.15, -0.1) is 0 Å². The van der Waals surface area contributed by atoms with E-state index in [9.17, 15) is 0 Å². The van der Waals surface area contributed by atoms with Gasteiger partial charge >= 0.3 is 0 Å². The Bertz CT molecular complexity index is 610. The number of ether oxygens (including phenoxy) is 3. The molecular weight excluding hydrogens is 332 g/mol. The lowest BCUT2D eigenvalue weighted by Crippen LogP contribution is -2.17. The maximum absolute atomic E-state index is 5.77. The molecule has 0 saturated carbocycles. The molecule has 4 heteroatoms. The lowest BCUT2D eigenvalue weighted by atomic mass is 10.0. The van der Waals surface area contributed by atoms with Crippen LogP contribution in [0.2, 0.25) is 0 Å². The fourth-order valence-electron chi connectivity index (χ4n) is 2.42. The van der Waals surface area contributed by atoms with Crippen molar-refractivity contribution in [2.24, 2.45) is 0 Å². The third-order valence-electron chi connectivity index (χ3n) is 3.51. The fraction of sp³-hybridized carbons (Fsp3) is 0.294. The van der Waals surface area contributed by atoms with Gasteiger partial charge in [0.2, 0.25) is 0 Å². The number of hydrogen-bond acceptors (Lipinski definition) is 3. The minimum absolute atomic E-state index is 0.183. The number of methoxy groups -OCH3 is 1. The summed E-state index contributed by atoms with van der Waals surface area (Å²) in [6.45, 7) is 1.22. The van der Waals surface area contributed by atoms with Gasteiger partial charge in [-0.25, -0.2) is 0 Å². The molecule has 0 spiro atoms. The zero-order valence-electron chi connectivity index (χ0n) is 11.8. The van der Waals surface area contributed by atoms with E-state index < -0.39 is 0 Å². The first kappa shape index (κ1) is 14.3. The monoisotopic (exact) mass is 348 g/mol. The predicted octanol–water partition coefficient (Wildman–Crippen LogP) is 4.15. The Hall–Kier alpha value is -1.68. The molecule has 0 radical (unpaired) electrons. The molecule has 0 N–H and O–H groups in total. The Morgan fingerprint density at radius 3 is 2.62 bits per heavy atom. The molecule has 0 fully saturated rings. The van der Waals surface area contributed by atoms with E-state index in [0.29, 0.717) is 13.2 Å². The van der Waals surface area contributed by atoms with Gasteiger partial charge in [0.25, 0.3) is 0 Å². The van der Waals surface area contributed by atoms with E-state index in [2.05, 4.69) is 34.1 Å². The summed E-state index contributed by atoms with van der Waals surface area (Å²) in [5.41, 5.74) is 2.37. The molecule has 2 aromatic rings. The lowest BCUT2D eigenvalue weighted by molar-refractivity contribution is 0.170. The molecule has 1 atom stereocenters. The predicted molar refractivity (Wildman–Crippen MR) is 85.8 cm³/mol. The van der Waals surface area contributed by atoms with Gasteiger partial charge in [0.15, 0.2) is 11.5 Å². The number of fused-ring (bicyclic) bond motifs is 1. The number of alkyl halides is 1. The van der Waals surface area contributed by atoms with Crippen molar-refractivity contribution >= 4 is 15.9 Å². The highest BCUT2D eigenvalue weighted by Gasteiger charge is 2.20. The van der Waals surface area contributed by atoms with Crippen LogP contribution in [-0.4, -0.2) is 20.3 Å². The van der Waals surface area contributed by atoms with Gasteiger partial charge < -0.3 is 14.2 Å². The smallest absolute Gasteiger partial charge is 0.165 e. The Balaban J connectivity index is 1.80. The van der Waals surface area contributed by atoms with Crippen molar-refractivity contribution in [3.63, 3.8) is 0 Å². The summed E-state index contributed by atoms with van der Waals surface area (Å²) >= 11 is 3.77. The Kier molecular flexibility index (Phi) is 4.34. The molecule has 0 aromatic heterocycles. The van der Waals surface area contributed by atoms with E-state index in [0.717, 1.165) is 29.2 Å². The molecule has 0 amide bonds. The van der Waals surface area contributed by atoms with Crippen LogP contribution in [0.15, 0.2) is 42.5 Å². The third-order valence-corrected chi connectivity index (χ3v) is 4.33. The number of para-hydroxylation sites is 1. The van der Waals surface area contributed by atoms with Crippen molar-refractivity contribution in [3.8, 4) is 17.2 Å². The molecule has 1 heterocycles. The van der Waals surface area contributed by atoms with Crippen LogP contribution in [0.1, 0.15) is 16.0 Å². The summed E-state index contributed by atoms with van der Waals surface area (Å²) in [6.07, 6.45) is 0.879. The number of rotatable bonds is 4. The first-order valence-electron chi connectivity index (χ1n) is 6.93. The molecule has 3 rings (SSSR count). The fourth-order valence-corrected chi connectivity index (χ4v) is 3.16. The van der Waals surface area contributed by atoms with Crippen molar-refractivity contribution in [1.29, 1.82) is 0 Å². The van der Waals surface area contributed by atoms with E-state index in [4.69, 9.17) is 14.2 Å². The molecule has 1 unspecified atom stereocenters. The highest BCUT2D eigenvalue weighted by molar-refractivity contribution is 9.09. The standard InChI is InChI=1S/C17H17BrO3/c1-19-13-7-5-12(6-8-13)11-15(18)14-3-2-4-16-17(14)21-10-9-20-16/h2-8,15H,9-11H2,1H3. The average Bonchev–Trinajstić information content (AvgIpc) is 2.55. The summed E-state index contributed by atoms with van der Waals surface area (Å²) in [4.78, 5) is 0.183. The van der Waals surface area contributed by atoms with Crippen molar-refractivity contribution in [1.82, 2.24) is 0 Å². The van der Waals surface area contributed by atoms with Gasteiger partial charge in [-0.1, -0.05) is 40.2 Å². The average molecular weight is 349 g/mol. The van der Waals surface area contributed by atoms with Crippen molar-refractivity contribution in [2.75, 3.05) is 20.3 Å². The van der Waals surface area contributed by atoms with Crippen LogP contribution in [0.4, 0.5) is 0 Å². The van der Waals surface area contributed by atoms with E-state index >= 15 is 0 Å². The molecule has 0 bridgehead atoms. The maximum Gasteiger partial charge on any atom is 0.165 e. The second-order valence-electron chi connectivity index (χ2n) is 4.89. The van der Waals surface area contributed by atoms with Crippen LogP contribution < -0.4 is 14.2 Å². The minimum Gasteiger partial charge on any atom is -0.497 e. The SMILES string of the molecule is COc1ccc(CC(Br)c2cccc3c2OCCO3)cc1. The molecule has 3 nitrogen and oxygen atoms in total. The maximum atomic E-state index is 5.77. The molecular formula is C17H17BrO3. The molecule has 21 heavy (non-hydrogen) atoms. The highest BCUT2D eigenvalue weighted by Crippen LogP contribution is 2.41. The third kappa shape index (κ3) is 3.16. The Labute approximate surface area is 133 Å². The zero-order chi connectivity index (χ0) is 14.7. The highest BCUT2D eigenvalue weighted by atomic mass is 79.9. The van der Waals surface area contributed by atoms with Gasteiger partial charge in [-0.3, -0.25) is 0 Å². The quantitative estimate of drug-likeness (QED) is 0.777. The van der Waals surface area contributed by atoms with Gasteiger partial charge in [0.1, 0.15) is 19.0 Å². The van der Waals surface area contributed by atoms with E-state index in [-0.39, 0.29) is 4.83 Å². The molecule has 0 aliphatic carbocycles. The van der Waals surface area contributed by atoms with Crippen LogP contribution in [0.5, 0.6) is 17.2 Å². The largest absolute Gasteiger partial charge is 0.497 e. The van der Waals surface area contributed by atoms with Crippen molar-refractivity contribution in [3.05, 3.63) is 53.6 Å². The topological polar surface area (TPSA) is 27.7 Å². The van der Waals surface area contributed by atoms with E-state index in [1.807, 2.05) is 24.3 Å². The Morgan fingerprint density at radius 2 is 1.86 bits per heavy atom.